The molecule has 0 saturated heterocycles. The Morgan fingerprint density at radius 2 is 2.07 bits per heavy atom. The molecular weight excluding hydrogens is 251 g/mol. The molecule has 15 heavy (non-hydrogen) atoms. The Morgan fingerprint density at radius 3 is 2.67 bits per heavy atom. The Morgan fingerprint density at radius 1 is 1.27 bits per heavy atom. The van der Waals surface area contributed by atoms with Crippen molar-refractivity contribution in [1.29, 1.82) is 0 Å². The van der Waals surface area contributed by atoms with E-state index in [9.17, 15) is 4.79 Å². The summed E-state index contributed by atoms with van der Waals surface area (Å²) in [7, 11) is 0. The van der Waals surface area contributed by atoms with Gasteiger partial charge < -0.3 is 0 Å². The van der Waals surface area contributed by atoms with E-state index in [-0.39, 0.29) is 0 Å². The second-order valence-corrected chi connectivity index (χ2v) is 5.79. The number of thioether (sulfide) groups is 1. The fourth-order valence-electron chi connectivity index (χ4n) is 1.62. The van der Waals surface area contributed by atoms with Crippen molar-refractivity contribution in [3.8, 4) is 0 Å². The van der Waals surface area contributed by atoms with Gasteiger partial charge in [-0.05, 0) is 24.6 Å². The number of carbonyl (C=O) groups is 1. The van der Waals surface area contributed by atoms with E-state index in [0.29, 0.717) is 27.5 Å². The van der Waals surface area contributed by atoms with Crippen molar-refractivity contribution in [3.05, 3.63) is 28.2 Å². The van der Waals surface area contributed by atoms with Gasteiger partial charge in [-0.3, -0.25) is 4.79 Å². The molecule has 4 heteroatoms. The monoisotopic (exact) mass is 260 g/mol. The van der Waals surface area contributed by atoms with E-state index in [2.05, 4.69) is 0 Å². The lowest BCUT2D eigenvalue weighted by molar-refractivity contribution is -0.117. The third kappa shape index (κ3) is 2.90. The summed E-state index contributed by atoms with van der Waals surface area (Å²) < 4.78 is 0. The molecule has 1 atom stereocenters. The Balaban J connectivity index is 2.05. The highest BCUT2D eigenvalue weighted by Crippen LogP contribution is 2.35. The lowest BCUT2D eigenvalue weighted by Crippen LogP contribution is -1.95. The van der Waals surface area contributed by atoms with Gasteiger partial charge in [0.2, 0.25) is 0 Å². The molecule has 0 aromatic heterocycles. The maximum Gasteiger partial charge on any atom is 0.134 e. The average molecular weight is 261 g/mol. The summed E-state index contributed by atoms with van der Waals surface area (Å²) >= 11 is 13.5. The fourth-order valence-corrected chi connectivity index (χ4v) is 3.21. The zero-order valence-electron chi connectivity index (χ0n) is 8.00. The largest absolute Gasteiger partial charge is 0.300 e. The summed E-state index contributed by atoms with van der Waals surface area (Å²) in [5.41, 5.74) is 0. The Kier molecular flexibility index (Phi) is 3.60. The molecule has 1 nitrogen and oxygen atoms in total. The first-order chi connectivity index (χ1) is 7.15. The number of hydrogen-bond acceptors (Lipinski definition) is 2. The Hall–Kier alpha value is -0.180. The van der Waals surface area contributed by atoms with Gasteiger partial charge in [-0.2, -0.15) is 0 Å². The average Bonchev–Trinajstić information content (AvgIpc) is 2.58. The van der Waals surface area contributed by atoms with E-state index in [0.717, 1.165) is 17.7 Å². The molecule has 1 fully saturated rings. The van der Waals surface area contributed by atoms with Crippen molar-refractivity contribution in [3.63, 3.8) is 0 Å². The molecule has 1 saturated carbocycles. The van der Waals surface area contributed by atoms with Crippen LogP contribution in [0.1, 0.15) is 19.3 Å². The van der Waals surface area contributed by atoms with Gasteiger partial charge in [-0.25, -0.2) is 0 Å². The number of Topliss-reactive ketones (excluding diaryl/α,β-unsaturated/α-hetero) is 1. The second kappa shape index (κ2) is 4.77. The highest BCUT2D eigenvalue weighted by atomic mass is 35.5. The summed E-state index contributed by atoms with van der Waals surface area (Å²) in [4.78, 5) is 12.2. The molecule has 0 N–H and O–H groups in total. The standard InChI is InChI=1S/C11H10Cl2OS/c12-10-4-3-9(6-11(10)13)15-8-2-1-7(14)5-8/h3-4,6,8H,1-2,5H2. The molecule has 0 heterocycles. The third-order valence-corrected chi connectivity index (χ3v) is 4.40. The maximum absolute atomic E-state index is 11.1. The number of ketones is 1. The quantitative estimate of drug-likeness (QED) is 0.793. The topological polar surface area (TPSA) is 17.1 Å². The lowest BCUT2D eigenvalue weighted by Gasteiger charge is -2.08. The van der Waals surface area contributed by atoms with Crippen molar-refractivity contribution >= 4 is 40.7 Å². The molecule has 1 aliphatic carbocycles. The molecule has 1 aromatic carbocycles. The number of benzene rings is 1. The van der Waals surface area contributed by atoms with Crippen LogP contribution >= 0.6 is 35.0 Å². The highest BCUT2D eigenvalue weighted by Gasteiger charge is 2.22. The van der Waals surface area contributed by atoms with Gasteiger partial charge in [0.15, 0.2) is 0 Å². The second-order valence-electron chi connectivity index (χ2n) is 3.60. The summed E-state index contributed by atoms with van der Waals surface area (Å²) in [6.45, 7) is 0. The minimum absolute atomic E-state index is 0.368. The molecular formula is C11H10Cl2OS. The SMILES string of the molecule is O=C1CCC(Sc2ccc(Cl)c(Cl)c2)C1. The summed E-state index contributed by atoms with van der Waals surface area (Å²) in [6.07, 6.45) is 2.38. The lowest BCUT2D eigenvalue weighted by atomic mass is 10.3. The summed E-state index contributed by atoms with van der Waals surface area (Å²) in [6, 6.07) is 5.60. The summed E-state index contributed by atoms with van der Waals surface area (Å²) in [5.74, 6) is 0.368. The predicted octanol–water partition coefficient (Wildman–Crippen LogP) is 4.21. The van der Waals surface area contributed by atoms with Crippen LogP contribution in [0.2, 0.25) is 10.0 Å². The van der Waals surface area contributed by atoms with Gasteiger partial charge in [0.05, 0.1) is 10.0 Å². The zero-order valence-corrected chi connectivity index (χ0v) is 10.3. The van der Waals surface area contributed by atoms with Crippen molar-refractivity contribution in [1.82, 2.24) is 0 Å². The maximum atomic E-state index is 11.1. The van der Waals surface area contributed by atoms with Crippen LogP contribution in [0.15, 0.2) is 23.1 Å². The van der Waals surface area contributed by atoms with Gasteiger partial charge in [-0.15, -0.1) is 11.8 Å². The minimum atomic E-state index is 0.368. The molecule has 1 aliphatic rings. The Labute approximate surface area is 103 Å². The van der Waals surface area contributed by atoms with Crippen molar-refractivity contribution in [2.45, 2.75) is 29.4 Å². The number of halogens is 2. The highest BCUT2D eigenvalue weighted by molar-refractivity contribution is 8.00. The summed E-state index contributed by atoms with van der Waals surface area (Å²) in [5, 5.41) is 1.56. The Bertz CT molecular complexity index is 392. The van der Waals surface area contributed by atoms with Crippen LogP contribution in [0.5, 0.6) is 0 Å². The molecule has 1 aromatic rings. The smallest absolute Gasteiger partial charge is 0.134 e. The van der Waals surface area contributed by atoms with E-state index in [1.54, 1.807) is 17.8 Å². The number of carbonyl (C=O) groups excluding carboxylic acids is 1. The van der Waals surface area contributed by atoms with E-state index < -0.39 is 0 Å². The van der Waals surface area contributed by atoms with E-state index in [4.69, 9.17) is 23.2 Å². The van der Waals surface area contributed by atoms with Gasteiger partial charge in [0.25, 0.3) is 0 Å². The van der Waals surface area contributed by atoms with Crippen LogP contribution < -0.4 is 0 Å². The molecule has 2 rings (SSSR count). The minimum Gasteiger partial charge on any atom is -0.300 e. The van der Waals surface area contributed by atoms with E-state index >= 15 is 0 Å². The molecule has 0 amide bonds. The van der Waals surface area contributed by atoms with Crippen LogP contribution in [0, 0.1) is 0 Å². The number of rotatable bonds is 2. The number of hydrogen-bond donors (Lipinski definition) is 0. The first kappa shape index (κ1) is 11.3. The van der Waals surface area contributed by atoms with Crippen LogP contribution in [-0.4, -0.2) is 11.0 Å². The predicted molar refractivity (Wildman–Crippen MR) is 65.0 cm³/mol. The normalized spacial score (nSPS) is 20.9. The van der Waals surface area contributed by atoms with E-state index in [1.807, 2.05) is 12.1 Å². The molecule has 0 aliphatic heterocycles. The first-order valence-electron chi connectivity index (χ1n) is 4.78. The first-order valence-corrected chi connectivity index (χ1v) is 6.42. The van der Waals surface area contributed by atoms with Crippen LogP contribution in [0.4, 0.5) is 0 Å². The zero-order chi connectivity index (χ0) is 10.8. The van der Waals surface area contributed by atoms with Crippen LogP contribution in [-0.2, 0) is 4.79 Å². The van der Waals surface area contributed by atoms with Crippen LogP contribution in [0.25, 0.3) is 0 Å². The van der Waals surface area contributed by atoms with Gasteiger partial charge in [0, 0.05) is 23.0 Å². The van der Waals surface area contributed by atoms with Crippen molar-refractivity contribution in [2.75, 3.05) is 0 Å². The fraction of sp³-hybridized carbons (Fsp3) is 0.364. The van der Waals surface area contributed by atoms with Gasteiger partial charge in [0.1, 0.15) is 5.78 Å². The van der Waals surface area contributed by atoms with Gasteiger partial charge >= 0.3 is 0 Å². The molecule has 80 valence electrons. The molecule has 0 radical (unpaired) electrons. The molecule has 0 spiro atoms. The van der Waals surface area contributed by atoms with Crippen molar-refractivity contribution in [2.24, 2.45) is 0 Å². The third-order valence-electron chi connectivity index (χ3n) is 2.39. The van der Waals surface area contributed by atoms with Gasteiger partial charge in [-0.1, -0.05) is 23.2 Å². The molecule has 1 unspecified atom stereocenters. The van der Waals surface area contributed by atoms with E-state index in [1.165, 1.54) is 0 Å². The van der Waals surface area contributed by atoms with Crippen LogP contribution in [0.3, 0.4) is 0 Å². The van der Waals surface area contributed by atoms with Crippen molar-refractivity contribution < 1.29 is 4.79 Å². The molecule has 0 bridgehead atoms.